The molecule has 0 saturated carbocycles. The number of β-lactam (4-membered cyclic amide) rings is 1. The van der Waals surface area contributed by atoms with Gasteiger partial charge >= 0.3 is 5.97 Å². The van der Waals surface area contributed by atoms with Gasteiger partial charge in [0, 0.05) is 42.0 Å². The van der Waals surface area contributed by atoms with Gasteiger partial charge in [-0.2, -0.15) is 0 Å². The van der Waals surface area contributed by atoms with Crippen LogP contribution in [0.3, 0.4) is 0 Å². The maximum Gasteiger partial charge on any atom is 0.302 e. The second-order valence-corrected chi connectivity index (χ2v) is 13.1. The van der Waals surface area contributed by atoms with Crippen molar-refractivity contribution in [3.05, 3.63) is 141 Å². The van der Waals surface area contributed by atoms with Crippen LogP contribution in [0.1, 0.15) is 28.5 Å². The first-order valence-electron chi connectivity index (χ1n) is 15.1. The molecule has 0 bridgehead atoms. The number of nitrogens with one attached hydrogen (secondary N) is 1. The van der Waals surface area contributed by atoms with Gasteiger partial charge in [0.25, 0.3) is 17.5 Å². The Morgan fingerprint density at radius 3 is 1.98 bits per heavy atom. The monoisotopic (exact) mass is 696 g/mol. The molecule has 4 aromatic rings. The summed E-state index contributed by atoms with van der Waals surface area (Å²) in [5, 5.41) is 20.2. The number of benzene rings is 3. The van der Waals surface area contributed by atoms with E-state index in [2.05, 4.69) is 10.5 Å². The molecule has 11 nitrogen and oxygen atoms in total. The molecule has 3 heterocycles. The topological polar surface area (TPSA) is 147 Å². The second kappa shape index (κ2) is 14.1. The number of thiophene rings is 1. The summed E-state index contributed by atoms with van der Waals surface area (Å²) in [6.45, 7) is 0.866. The Kier molecular flexibility index (Phi) is 9.67. The lowest BCUT2D eigenvalue weighted by molar-refractivity contribution is -0.302. The van der Waals surface area contributed by atoms with Crippen LogP contribution in [0.15, 0.2) is 125 Å². The number of carbonyl (C=O) groups is 4. The van der Waals surface area contributed by atoms with Gasteiger partial charge in [0.15, 0.2) is 5.71 Å². The number of amides is 2. The minimum Gasteiger partial charge on any atom is -0.543 e. The number of fused-ring (bicyclic) bond motifs is 1. The number of carbonyl (C=O) groups excluding carboxylic acids is 4. The summed E-state index contributed by atoms with van der Waals surface area (Å²) in [4.78, 5) is 59.6. The Morgan fingerprint density at radius 1 is 0.939 bits per heavy atom. The zero-order valence-corrected chi connectivity index (χ0v) is 28.0. The van der Waals surface area contributed by atoms with Gasteiger partial charge in [-0.05, 0) is 11.4 Å². The highest BCUT2D eigenvalue weighted by atomic mass is 32.2. The molecule has 3 aromatic carbocycles. The van der Waals surface area contributed by atoms with Crippen LogP contribution in [0.4, 0.5) is 0 Å². The number of esters is 1. The predicted molar refractivity (Wildman–Crippen MR) is 181 cm³/mol. The summed E-state index contributed by atoms with van der Waals surface area (Å²) < 4.78 is 10.7. The smallest absolute Gasteiger partial charge is 0.302 e. The molecular formula is C36H30N3O8S2-. The fraction of sp³-hybridized carbons (Fsp3) is 0.194. The van der Waals surface area contributed by atoms with E-state index in [9.17, 15) is 24.3 Å². The highest BCUT2D eigenvalue weighted by Crippen LogP contribution is 2.47. The Labute approximate surface area is 290 Å². The van der Waals surface area contributed by atoms with E-state index in [-0.39, 0.29) is 23.6 Å². The summed E-state index contributed by atoms with van der Waals surface area (Å²) in [7, 11) is 1.25. The number of carboxylic acids is 1. The molecule has 2 atom stereocenters. The van der Waals surface area contributed by atoms with Crippen LogP contribution in [0.5, 0.6) is 0 Å². The van der Waals surface area contributed by atoms with Crippen LogP contribution in [-0.4, -0.2) is 64.9 Å². The van der Waals surface area contributed by atoms with E-state index in [1.807, 2.05) is 91.0 Å². The number of carboxylic acid groups (broad SMARTS) is 1. The summed E-state index contributed by atoms with van der Waals surface area (Å²) in [6.07, 6.45) is 0. The molecule has 2 amide bonds. The highest BCUT2D eigenvalue weighted by Gasteiger charge is 2.66. The van der Waals surface area contributed by atoms with Crippen molar-refractivity contribution in [2.24, 2.45) is 5.16 Å². The normalized spacial score (nSPS) is 19.1. The lowest BCUT2D eigenvalue weighted by atomic mass is 9.80. The van der Waals surface area contributed by atoms with Crippen molar-refractivity contribution in [2.75, 3.05) is 19.5 Å². The van der Waals surface area contributed by atoms with Crippen molar-refractivity contribution in [1.29, 1.82) is 0 Å². The van der Waals surface area contributed by atoms with Gasteiger partial charge in [-0.15, -0.1) is 23.1 Å². The van der Waals surface area contributed by atoms with Crippen LogP contribution in [0, 0.1) is 0 Å². The third-order valence-corrected chi connectivity index (χ3v) is 10.4. The van der Waals surface area contributed by atoms with E-state index in [0.29, 0.717) is 4.88 Å². The average molecular weight is 697 g/mol. The van der Waals surface area contributed by atoms with Gasteiger partial charge in [-0.1, -0.05) is 102 Å². The average Bonchev–Trinajstić information content (AvgIpc) is 3.66. The Balaban J connectivity index is 1.39. The summed E-state index contributed by atoms with van der Waals surface area (Å²) in [5.74, 6) is -3.77. The fourth-order valence-electron chi connectivity index (χ4n) is 5.86. The maximum atomic E-state index is 14.2. The Hall–Kier alpha value is -5.24. The SMILES string of the molecule is COC1(NC(=O)C(=NOC(c2ccccc2)(c2ccccc2)c2ccccc2)c2cccs2)C(=O)N2C(C(=O)[O-])=C(COC(C)=O)CS[C@@H]21. The third kappa shape index (κ3) is 6.12. The van der Waals surface area contributed by atoms with Crippen molar-refractivity contribution in [1.82, 2.24) is 10.2 Å². The van der Waals surface area contributed by atoms with Crippen LogP contribution >= 0.6 is 23.1 Å². The number of methoxy groups -OCH3 is 1. The second-order valence-electron chi connectivity index (χ2n) is 11.0. The zero-order chi connectivity index (χ0) is 34.6. The van der Waals surface area contributed by atoms with Crippen molar-refractivity contribution in [3.63, 3.8) is 0 Å². The van der Waals surface area contributed by atoms with E-state index in [1.54, 1.807) is 17.5 Å². The predicted octanol–water partition coefficient (Wildman–Crippen LogP) is 3.40. The first-order chi connectivity index (χ1) is 23.7. The van der Waals surface area contributed by atoms with Gasteiger partial charge in [-0.25, -0.2) is 0 Å². The first-order valence-corrected chi connectivity index (χ1v) is 17.0. The van der Waals surface area contributed by atoms with E-state index in [1.165, 1.54) is 25.4 Å². The molecule has 1 N–H and O–H groups in total. The highest BCUT2D eigenvalue weighted by molar-refractivity contribution is 8.00. The number of nitrogens with zero attached hydrogens (tertiary/aromatic N) is 2. The zero-order valence-electron chi connectivity index (χ0n) is 26.4. The maximum absolute atomic E-state index is 14.2. The quantitative estimate of drug-likeness (QED) is 0.0588. The van der Waals surface area contributed by atoms with Crippen molar-refractivity contribution >= 4 is 52.6 Å². The van der Waals surface area contributed by atoms with Gasteiger partial charge < -0.3 is 29.5 Å². The van der Waals surface area contributed by atoms with Crippen LogP contribution < -0.4 is 10.4 Å². The lowest BCUT2D eigenvalue weighted by Crippen LogP contribution is -2.81. The minimum absolute atomic E-state index is 0.0781. The minimum atomic E-state index is -1.94. The first kappa shape index (κ1) is 33.7. The number of rotatable bonds is 12. The number of thioether (sulfide) groups is 1. The van der Waals surface area contributed by atoms with E-state index < -0.39 is 46.1 Å². The summed E-state index contributed by atoms with van der Waals surface area (Å²) in [6, 6.07) is 32.0. The van der Waals surface area contributed by atoms with Crippen LogP contribution in [-0.2, 0) is 39.1 Å². The molecule has 0 radical (unpaired) electrons. The number of hydrogen-bond donors (Lipinski definition) is 1. The van der Waals surface area contributed by atoms with Gasteiger partial charge in [0.1, 0.15) is 12.0 Å². The van der Waals surface area contributed by atoms with Crippen molar-refractivity contribution < 1.29 is 38.6 Å². The number of ether oxygens (including phenoxy) is 2. The molecule has 1 fully saturated rings. The molecule has 1 saturated heterocycles. The molecule has 0 spiro atoms. The van der Waals surface area contributed by atoms with E-state index >= 15 is 0 Å². The standard InChI is InChI=1S/C36H31N3O8S2/c1-23(40)46-21-24-22-49-34-36(45-2,33(44)39(34)30(24)32(42)43)37-31(41)29(28-19-12-20-48-28)38-47-35(25-13-6-3-7-14-25,26-15-8-4-9-16-26)27-17-10-5-11-18-27/h3-20,34H,21-22H2,1-2H3,(H,37,41)(H,42,43)/p-1/t34-,36?/m1/s1. The molecule has 1 unspecified atom stereocenters. The molecule has 6 rings (SSSR count). The molecule has 1 aromatic heterocycles. The number of aliphatic carboxylic acids is 1. The molecule has 250 valence electrons. The largest absolute Gasteiger partial charge is 0.543 e. The van der Waals surface area contributed by atoms with Crippen molar-refractivity contribution in [2.45, 2.75) is 23.6 Å². The molecular weight excluding hydrogens is 667 g/mol. The molecule has 49 heavy (non-hydrogen) atoms. The van der Waals surface area contributed by atoms with Gasteiger partial charge in [0.05, 0.1) is 16.5 Å². The molecule has 0 aliphatic carbocycles. The van der Waals surface area contributed by atoms with Crippen LogP contribution in [0.2, 0.25) is 0 Å². The third-order valence-electron chi connectivity index (χ3n) is 8.16. The molecule has 2 aliphatic heterocycles. The fourth-order valence-corrected chi connectivity index (χ4v) is 7.98. The Morgan fingerprint density at radius 2 is 1.51 bits per heavy atom. The lowest BCUT2D eigenvalue weighted by Gasteiger charge is -2.56. The number of hydrogen-bond acceptors (Lipinski definition) is 11. The van der Waals surface area contributed by atoms with Gasteiger partial charge in [-0.3, -0.25) is 19.3 Å². The molecule has 13 heteroatoms. The summed E-state index contributed by atoms with van der Waals surface area (Å²) in [5.41, 5.74) is -1.33. The van der Waals surface area contributed by atoms with Gasteiger partial charge in [0.2, 0.25) is 5.60 Å². The van der Waals surface area contributed by atoms with Crippen molar-refractivity contribution in [3.8, 4) is 0 Å². The summed E-state index contributed by atoms with van der Waals surface area (Å²) >= 11 is 2.39. The van der Waals surface area contributed by atoms with Crippen LogP contribution in [0.25, 0.3) is 0 Å². The van der Waals surface area contributed by atoms with E-state index in [0.717, 1.165) is 33.4 Å². The number of oxime groups is 1. The van der Waals surface area contributed by atoms with E-state index in [4.69, 9.17) is 14.3 Å². The Bertz CT molecular complexity index is 1820. The molecule has 2 aliphatic rings.